The third kappa shape index (κ3) is 2.44. The van der Waals surface area contributed by atoms with E-state index < -0.39 is 0 Å². The molecule has 0 aliphatic rings. The number of hydrogen-bond acceptors (Lipinski definition) is 2. The predicted octanol–water partition coefficient (Wildman–Crippen LogP) is 2.78. The highest BCUT2D eigenvalue weighted by Gasteiger charge is 2.07. The van der Waals surface area contributed by atoms with E-state index in [9.17, 15) is 0 Å². The Kier molecular flexibility index (Phi) is 3.31. The molecule has 0 saturated carbocycles. The molecule has 1 aromatic rings. The highest BCUT2D eigenvalue weighted by molar-refractivity contribution is 6.32. The molecular formula is C10H14ClNO. The molecule has 72 valence electrons. The van der Waals surface area contributed by atoms with Crippen molar-refractivity contribution in [3.63, 3.8) is 0 Å². The van der Waals surface area contributed by atoms with Gasteiger partial charge in [-0.1, -0.05) is 23.7 Å². The number of hydroxylamine groups is 2. The van der Waals surface area contributed by atoms with Crippen LogP contribution in [0.2, 0.25) is 5.02 Å². The second kappa shape index (κ2) is 4.09. The lowest BCUT2D eigenvalue weighted by molar-refractivity contribution is -0.0732. The molecular weight excluding hydrogens is 186 g/mol. The maximum Gasteiger partial charge on any atom is 0.0503 e. The van der Waals surface area contributed by atoms with E-state index in [1.807, 2.05) is 26.0 Å². The van der Waals surface area contributed by atoms with Gasteiger partial charge in [0.25, 0.3) is 0 Å². The zero-order valence-corrected chi connectivity index (χ0v) is 8.89. The fraction of sp³-hybridized carbons (Fsp3) is 0.400. The van der Waals surface area contributed by atoms with Crippen molar-refractivity contribution in [1.82, 2.24) is 5.06 Å². The molecule has 0 amide bonds. The van der Waals surface area contributed by atoms with E-state index in [2.05, 4.69) is 0 Å². The van der Waals surface area contributed by atoms with Crippen LogP contribution >= 0.6 is 11.6 Å². The zero-order valence-electron chi connectivity index (χ0n) is 8.13. The molecule has 1 aromatic carbocycles. The summed E-state index contributed by atoms with van der Waals surface area (Å²) >= 11 is 6.10. The smallest absolute Gasteiger partial charge is 0.0503 e. The van der Waals surface area contributed by atoms with Crippen LogP contribution in [-0.4, -0.2) is 17.3 Å². The summed E-state index contributed by atoms with van der Waals surface area (Å²) in [4.78, 5) is 0. The molecule has 0 heterocycles. The Morgan fingerprint density at radius 3 is 2.38 bits per heavy atom. The maximum absolute atomic E-state index is 9.12. The SMILES string of the molecule is Cc1ccc(C)c(CN(C)O)c1Cl. The molecule has 2 nitrogen and oxygen atoms in total. The van der Waals surface area contributed by atoms with Gasteiger partial charge >= 0.3 is 0 Å². The average molecular weight is 200 g/mol. The number of benzene rings is 1. The van der Waals surface area contributed by atoms with E-state index in [1.54, 1.807) is 7.05 Å². The van der Waals surface area contributed by atoms with Gasteiger partial charge in [0.05, 0.1) is 6.54 Å². The van der Waals surface area contributed by atoms with Crippen molar-refractivity contribution in [3.8, 4) is 0 Å². The minimum absolute atomic E-state index is 0.465. The quantitative estimate of drug-likeness (QED) is 0.741. The summed E-state index contributed by atoms with van der Waals surface area (Å²) in [5.74, 6) is 0. The van der Waals surface area contributed by atoms with E-state index in [-0.39, 0.29) is 0 Å². The van der Waals surface area contributed by atoms with Gasteiger partial charge in [-0.15, -0.1) is 0 Å². The first kappa shape index (κ1) is 10.5. The van der Waals surface area contributed by atoms with Gasteiger partial charge in [-0.2, -0.15) is 5.06 Å². The summed E-state index contributed by atoms with van der Waals surface area (Å²) in [5.41, 5.74) is 3.15. The van der Waals surface area contributed by atoms with Crippen LogP contribution in [0.5, 0.6) is 0 Å². The molecule has 0 saturated heterocycles. The Hall–Kier alpha value is -0.570. The van der Waals surface area contributed by atoms with Crippen molar-refractivity contribution in [2.24, 2.45) is 0 Å². The molecule has 1 rings (SSSR count). The number of nitrogens with zero attached hydrogens (tertiary/aromatic N) is 1. The Balaban J connectivity index is 3.10. The molecule has 0 bridgehead atoms. The van der Waals surface area contributed by atoms with Gasteiger partial charge in [0.15, 0.2) is 0 Å². The summed E-state index contributed by atoms with van der Waals surface area (Å²) in [6, 6.07) is 4.00. The van der Waals surface area contributed by atoms with Crippen molar-refractivity contribution in [2.75, 3.05) is 7.05 Å². The van der Waals surface area contributed by atoms with Crippen molar-refractivity contribution >= 4 is 11.6 Å². The van der Waals surface area contributed by atoms with Gasteiger partial charge in [0.2, 0.25) is 0 Å². The minimum atomic E-state index is 0.465. The van der Waals surface area contributed by atoms with E-state index in [0.717, 1.165) is 26.8 Å². The van der Waals surface area contributed by atoms with Gasteiger partial charge < -0.3 is 5.21 Å². The highest BCUT2D eigenvalue weighted by Crippen LogP contribution is 2.24. The van der Waals surface area contributed by atoms with Gasteiger partial charge in [-0.3, -0.25) is 0 Å². The Labute approximate surface area is 83.7 Å². The van der Waals surface area contributed by atoms with Crippen LogP contribution in [0, 0.1) is 13.8 Å². The molecule has 0 fully saturated rings. The Morgan fingerprint density at radius 1 is 1.31 bits per heavy atom. The highest BCUT2D eigenvalue weighted by atomic mass is 35.5. The topological polar surface area (TPSA) is 23.5 Å². The lowest BCUT2D eigenvalue weighted by Crippen LogP contribution is -2.13. The maximum atomic E-state index is 9.12. The third-order valence-corrected chi connectivity index (χ3v) is 2.58. The first-order valence-electron chi connectivity index (χ1n) is 4.17. The van der Waals surface area contributed by atoms with Gasteiger partial charge in [-0.05, 0) is 30.5 Å². The van der Waals surface area contributed by atoms with Crippen molar-refractivity contribution in [1.29, 1.82) is 0 Å². The molecule has 0 aliphatic heterocycles. The molecule has 0 atom stereocenters. The van der Waals surface area contributed by atoms with Crippen molar-refractivity contribution in [2.45, 2.75) is 20.4 Å². The predicted molar refractivity (Wildman–Crippen MR) is 54.2 cm³/mol. The summed E-state index contributed by atoms with van der Waals surface area (Å²) in [5, 5.41) is 11.0. The second-order valence-corrected chi connectivity index (χ2v) is 3.69. The fourth-order valence-corrected chi connectivity index (χ4v) is 1.53. The first-order valence-corrected chi connectivity index (χ1v) is 4.54. The second-order valence-electron chi connectivity index (χ2n) is 3.31. The summed E-state index contributed by atoms with van der Waals surface area (Å²) in [6.07, 6.45) is 0. The van der Waals surface area contributed by atoms with Crippen LogP contribution in [0.25, 0.3) is 0 Å². The number of hydrogen-bond donors (Lipinski definition) is 1. The van der Waals surface area contributed by atoms with Crippen LogP contribution < -0.4 is 0 Å². The van der Waals surface area contributed by atoms with Crippen molar-refractivity contribution < 1.29 is 5.21 Å². The van der Waals surface area contributed by atoms with Crippen LogP contribution in [0.15, 0.2) is 12.1 Å². The lowest BCUT2D eigenvalue weighted by Gasteiger charge is -2.13. The summed E-state index contributed by atoms with van der Waals surface area (Å²) in [6.45, 7) is 4.42. The first-order chi connectivity index (χ1) is 6.02. The van der Waals surface area contributed by atoms with Crippen LogP contribution in [-0.2, 0) is 6.54 Å². The lowest BCUT2D eigenvalue weighted by atomic mass is 10.1. The van der Waals surface area contributed by atoms with Gasteiger partial charge in [0, 0.05) is 12.1 Å². The number of aryl methyl sites for hydroxylation is 2. The molecule has 0 radical (unpaired) electrons. The van der Waals surface area contributed by atoms with Gasteiger partial charge in [0.1, 0.15) is 0 Å². The van der Waals surface area contributed by atoms with Crippen LogP contribution in [0.1, 0.15) is 16.7 Å². The zero-order chi connectivity index (χ0) is 10.0. The average Bonchev–Trinajstić information content (AvgIpc) is 2.05. The molecule has 0 spiro atoms. The monoisotopic (exact) mass is 199 g/mol. The van der Waals surface area contributed by atoms with E-state index in [0.29, 0.717) is 6.54 Å². The molecule has 3 heteroatoms. The van der Waals surface area contributed by atoms with Gasteiger partial charge in [-0.25, -0.2) is 0 Å². The fourth-order valence-electron chi connectivity index (χ4n) is 1.26. The minimum Gasteiger partial charge on any atom is -0.314 e. The Bertz CT molecular complexity index is 310. The molecule has 0 unspecified atom stereocenters. The summed E-state index contributed by atoms with van der Waals surface area (Å²) < 4.78 is 0. The normalized spacial score (nSPS) is 10.9. The van der Waals surface area contributed by atoms with Crippen molar-refractivity contribution in [3.05, 3.63) is 33.8 Å². The third-order valence-electron chi connectivity index (χ3n) is 2.06. The van der Waals surface area contributed by atoms with E-state index >= 15 is 0 Å². The number of rotatable bonds is 2. The van der Waals surface area contributed by atoms with Crippen LogP contribution in [0.3, 0.4) is 0 Å². The standard InChI is InChI=1S/C10H14ClNO/c1-7-4-5-8(2)10(11)9(7)6-12(3)13/h4-5,13H,6H2,1-3H3. The molecule has 1 N–H and O–H groups in total. The molecule has 0 aliphatic carbocycles. The molecule has 13 heavy (non-hydrogen) atoms. The Morgan fingerprint density at radius 2 is 1.85 bits per heavy atom. The molecule has 0 aromatic heterocycles. The summed E-state index contributed by atoms with van der Waals surface area (Å²) in [7, 11) is 1.61. The number of halogens is 1. The van der Waals surface area contributed by atoms with Crippen LogP contribution in [0.4, 0.5) is 0 Å². The van der Waals surface area contributed by atoms with E-state index in [1.165, 1.54) is 0 Å². The largest absolute Gasteiger partial charge is 0.314 e. The van der Waals surface area contributed by atoms with E-state index in [4.69, 9.17) is 16.8 Å².